The van der Waals surface area contributed by atoms with Gasteiger partial charge in [0.2, 0.25) is 0 Å². The topological polar surface area (TPSA) is 89.3 Å². The molecule has 36 heavy (non-hydrogen) atoms. The van der Waals surface area contributed by atoms with Gasteiger partial charge in [0.25, 0.3) is 5.91 Å². The van der Waals surface area contributed by atoms with E-state index in [0.29, 0.717) is 49.5 Å². The summed E-state index contributed by atoms with van der Waals surface area (Å²) in [7, 11) is 0. The quantitative estimate of drug-likeness (QED) is 0.380. The molecule has 1 amide bonds. The lowest BCUT2D eigenvalue weighted by Gasteiger charge is -2.35. The van der Waals surface area contributed by atoms with Gasteiger partial charge in [0.05, 0.1) is 12.3 Å². The van der Waals surface area contributed by atoms with Crippen LogP contribution < -0.4 is 9.64 Å². The summed E-state index contributed by atoms with van der Waals surface area (Å²) in [6, 6.07) is 21.6. The second kappa shape index (κ2) is 9.26. The van der Waals surface area contributed by atoms with E-state index < -0.39 is 0 Å². The van der Waals surface area contributed by atoms with Crippen molar-refractivity contribution in [2.75, 3.05) is 37.7 Å². The lowest BCUT2D eigenvalue weighted by molar-refractivity contribution is 0.0747. The fourth-order valence-corrected chi connectivity index (χ4v) is 4.62. The highest BCUT2D eigenvalue weighted by Crippen LogP contribution is 2.25. The van der Waals surface area contributed by atoms with E-state index >= 15 is 0 Å². The average Bonchev–Trinajstić information content (AvgIpc) is 3.37. The minimum Gasteiger partial charge on any atom is -0.494 e. The molecule has 0 aliphatic carbocycles. The van der Waals surface area contributed by atoms with Crippen LogP contribution in [0.4, 0.5) is 5.82 Å². The van der Waals surface area contributed by atoms with Crippen molar-refractivity contribution in [3.8, 4) is 11.4 Å². The van der Waals surface area contributed by atoms with Crippen molar-refractivity contribution in [3.63, 3.8) is 0 Å². The van der Waals surface area contributed by atoms with Crippen LogP contribution in [-0.4, -0.2) is 68.6 Å². The Labute approximate surface area is 207 Å². The number of anilines is 1. The molecular weight excluding hydrogens is 454 g/mol. The predicted molar refractivity (Wildman–Crippen MR) is 138 cm³/mol. The molecule has 0 unspecified atom stereocenters. The first-order valence-electron chi connectivity index (χ1n) is 12.0. The number of hydrogen-bond donors (Lipinski definition) is 0. The van der Waals surface area contributed by atoms with E-state index in [-0.39, 0.29) is 5.91 Å². The van der Waals surface area contributed by atoms with E-state index in [1.54, 1.807) is 11.0 Å². The zero-order chi connectivity index (χ0) is 24.5. The maximum atomic E-state index is 13.2. The first-order valence-corrected chi connectivity index (χ1v) is 12.0. The lowest BCUT2D eigenvalue weighted by Crippen LogP contribution is -2.49. The smallest absolute Gasteiger partial charge is 0.253 e. The number of ether oxygens (including phenoxy) is 1. The SMILES string of the molecule is CCOc1ccc(-n2nnc3c(N4CCN(C(=O)c5ccc6ccccc6c5)CC4)ncnc32)cc1. The summed E-state index contributed by atoms with van der Waals surface area (Å²) < 4.78 is 7.24. The summed E-state index contributed by atoms with van der Waals surface area (Å²) >= 11 is 0. The van der Waals surface area contributed by atoms with E-state index in [9.17, 15) is 4.79 Å². The maximum absolute atomic E-state index is 13.2. The molecule has 0 spiro atoms. The molecule has 3 aromatic carbocycles. The van der Waals surface area contributed by atoms with Crippen LogP contribution >= 0.6 is 0 Å². The molecule has 1 aliphatic rings. The number of rotatable bonds is 5. The van der Waals surface area contributed by atoms with Gasteiger partial charge in [-0.15, -0.1) is 5.10 Å². The van der Waals surface area contributed by atoms with E-state index in [2.05, 4.69) is 31.2 Å². The zero-order valence-corrected chi connectivity index (χ0v) is 19.9. The Hall–Kier alpha value is -4.53. The van der Waals surface area contributed by atoms with Gasteiger partial charge in [-0.1, -0.05) is 35.5 Å². The number of hydrogen-bond acceptors (Lipinski definition) is 7. The van der Waals surface area contributed by atoms with Crippen molar-refractivity contribution >= 4 is 33.7 Å². The van der Waals surface area contributed by atoms with Crippen LogP contribution in [0.5, 0.6) is 5.75 Å². The largest absolute Gasteiger partial charge is 0.494 e. The first kappa shape index (κ1) is 22.0. The summed E-state index contributed by atoms with van der Waals surface area (Å²) in [6.45, 7) is 5.08. The Bertz CT molecular complexity index is 1540. The van der Waals surface area contributed by atoms with Crippen LogP contribution in [0.15, 0.2) is 73.1 Å². The number of benzene rings is 3. The second-order valence-corrected chi connectivity index (χ2v) is 8.64. The molecule has 0 N–H and O–H groups in total. The van der Waals surface area contributed by atoms with E-state index in [1.165, 1.54) is 0 Å². The summed E-state index contributed by atoms with van der Waals surface area (Å²) in [5, 5.41) is 10.9. The predicted octanol–water partition coefficient (Wildman–Crippen LogP) is 3.72. The van der Waals surface area contributed by atoms with Crippen LogP contribution in [0.1, 0.15) is 17.3 Å². The fourth-order valence-electron chi connectivity index (χ4n) is 4.62. The van der Waals surface area contributed by atoms with Gasteiger partial charge in [-0.05, 0) is 54.1 Å². The first-order chi connectivity index (χ1) is 17.7. The van der Waals surface area contributed by atoms with Crippen molar-refractivity contribution in [3.05, 3.63) is 78.6 Å². The molecule has 0 radical (unpaired) electrons. The normalized spacial score (nSPS) is 13.9. The highest BCUT2D eigenvalue weighted by molar-refractivity contribution is 5.98. The number of nitrogens with zero attached hydrogens (tertiary/aromatic N) is 7. The molecule has 2 aromatic heterocycles. The van der Waals surface area contributed by atoms with Crippen molar-refractivity contribution in [2.24, 2.45) is 0 Å². The second-order valence-electron chi connectivity index (χ2n) is 8.64. The Morgan fingerprint density at radius 2 is 1.69 bits per heavy atom. The third-order valence-corrected chi connectivity index (χ3v) is 6.47. The highest BCUT2D eigenvalue weighted by Gasteiger charge is 2.25. The molecule has 0 saturated carbocycles. The molecule has 1 fully saturated rings. The number of aromatic nitrogens is 5. The Kier molecular flexibility index (Phi) is 5.65. The van der Waals surface area contributed by atoms with Crippen LogP contribution in [0.25, 0.3) is 27.6 Å². The van der Waals surface area contributed by atoms with Crippen molar-refractivity contribution in [1.82, 2.24) is 29.9 Å². The Balaban J connectivity index is 1.19. The van der Waals surface area contributed by atoms with Gasteiger partial charge in [0.1, 0.15) is 12.1 Å². The van der Waals surface area contributed by atoms with Gasteiger partial charge in [0, 0.05) is 31.7 Å². The lowest BCUT2D eigenvalue weighted by atomic mass is 10.1. The standard InChI is InChI=1S/C27H25N7O2/c1-2-36-23-11-9-22(10-12-23)34-26-24(30-31-34)25(28-18-29-26)32-13-15-33(16-14-32)27(35)21-8-7-19-5-3-4-6-20(19)17-21/h3-12,17-18H,2,13-16H2,1H3. The third-order valence-electron chi connectivity index (χ3n) is 6.47. The van der Waals surface area contributed by atoms with Crippen LogP contribution in [-0.2, 0) is 0 Å². The number of fused-ring (bicyclic) bond motifs is 2. The minimum atomic E-state index is 0.0506. The summed E-state index contributed by atoms with van der Waals surface area (Å²) in [4.78, 5) is 26.2. The molecule has 180 valence electrons. The highest BCUT2D eigenvalue weighted by atomic mass is 16.5. The molecule has 1 saturated heterocycles. The molecule has 0 bridgehead atoms. The van der Waals surface area contributed by atoms with Gasteiger partial charge in [-0.2, -0.15) is 4.68 Å². The average molecular weight is 480 g/mol. The molecule has 1 aliphatic heterocycles. The molecule has 9 nitrogen and oxygen atoms in total. The maximum Gasteiger partial charge on any atom is 0.253 e. The summed E-state index contributed by atoms with van der Waals surface area (Å²) in [6.07, 6.45) is 1.54. The minimum absolute atomic E-state index is 0.0506. The molecule has 5 aromatic rings. The van der Waals surface area contributed by atoms with Gasteiger partial charge in [-0.25, -0.2) is 9.97 Å². The molecule has 9 heteroatoms. The van der Waals surface area contributed by atoms with Gasteiger partial charge >= 0.3 is 0 Å². The van der Waals surface area contributed by atoms with Gasteiger partial charge in [0.15, 0.2) is 17.0 Å². The van der Waals surface area contributed by atoms with Crippen LogP contribution in [0.3, 0.4) is 0 Å². The van der Waals surface area contributed by atoms with Gasteiger partial charge < -0.3 is 14.5 Å². The van der Waals surface area contributed by atoms with E-state index in [1.807, 2.05) is 72.5 Å². The van der Waals surface area contributed by atoms with Crippen LogP contribution in [0, 0.1) is 0 Å². The fraction of sp³-hybridized carbons (Fsp3) is 0.222. The Morgan fingerprint density at radius 1 is 0.917 bits per heavy atom. The molecular formula is C27H25N7O2. The number of carbonyl (C=O) groups is 1. The molecule has 0 atom stereocenters. The van der Waals surface area contributed by atoms with Crippen LogP contribution in [0.2, 0.25) is 0 Å². The molecule has 3 heterocycles. The van der Waals surface area contributed by atoms with Crippen molar-refractivity contribution in [2.45, 2.75) is 6.92 Å². The summed E-state index contributed by atoms with van der Waals surface area (Å²) in [5.74, 6) is 1.58. The number of carbonyl (C=O) groups excluding carboxylic acids is 1. The van der Waals surface area contributed by atoms with Crippen molar-refractivity contribution < 1.29 is 9.53 Å². The van der Waals surface area contributed by atoms with Crippen molar-refractivity contribution in [1.29, 1.82) is 0 Å². The van der Waals surface area contributed by atoms with E-state index in [0.717, 1.165) is 28.0 Å². The Morgan fingerprint density at radius 3 is 2.47 bits per heavy atom. The van der Waals surface area contributed by atoms with Gasteiger partial charge in [-0.3, -0.25) is 4.79 Å². The molecule has 6 rings (SSSR count). The van der Waals surface area contributed by atoms with E-state index in [4.69, 9.17) is 4.74 Å². The number of piperazine rings is 1. The number of amides is 1. The third kappa shape index (κ3) is 3.98. The monoisotopic (exact) mass is 479 g/mol. The zero-order valence-electron chi connectivity index (χ0n) is 19.9. The summed E-state index contributed by atoms with van der Waals surface area (Å²) in [5.41, 5.74) is 2.83.